The largest absolute Gasteiger partial charge is 0.450 e. The lowest BCUT2D eigenvalue weighted by Gasteiger charge is -2.41. The maximum absolute atomic E-state index is 11.4. The Morgan fingerprint density at radius 2 is 1.95 bits per heavy atom. The lowest BCUT2D eigenvalue weighted by Crippen LogP contribution is -2.64. The van der Waals surface area contributed by atoms with E-state index in [0.717, 1.165) is 0 Å². The third-order valence-electron chi connectivity index (χ3n) is 2.77. The number of aliphatic hydroxyl groups is 3. The summed E-state index contributed by atoms with van der Waals surface area (Å²) in [6, 6.07) is -0.975. The molecule has 0 aromatic heterocycles. The first-order valence-electron chi connectivity index (χ1n) is 6.22. The van der Waals surface area contributed by atoms with Crippen molar-refractivity contribution >= 4 is 6.09 Å². The normalized spacial score (nSPS) is 34.9. The molecular weight excluding hydrogens is 258 g/mol. The molecule has 0 radical (unpaired) electrons. The van der Waals surface area contributed by atoms with Crippen LogP contribution in [0.3, 0.4) is 0 Å². The molecule has 5 atom stereocenters. The number of amides is 1. The fourth-order valence-electron chi connectivity index (χ4n) is 1.85. The van der Waals surface area contributed by atoms with Gasteiger partial charge in [-0.1, -0.05) is 0 Å². The molecule has 4 N–H and O–H groups in total. The molecule has 8 nitrogen and oxygen atoms in total. The molecule has 0 bridgehead atoms. The van der Waals surface area contributed by atoms with Gasteiger partial charge in [-0.2, -0.15) is 0 Å². The van der Waals surface area contributed by atoms with Crippen LogP contribution in [0, 0.1) is 0 Å². The minimum absolute atomic E-state index is 0.177. The molecule has 1 amide bonds. The Morgan fingerprint density at radius 3 is 2.47 bits per heavy atom. The topological polar surface area (TPSA) is 117 Å². The van der Waals surface area contributed by atoms with Crippen LogP contribution in [-0.2, 0) is 14.2 Å². The van der Waals surface area contributed by atoms with Crippen LogP contribution in [0.25, 0.3) is 0 Å². The van der Waals surface area contributed by atoms with E-state index in [0.29, 0.717) is 0 Å². The van der Waals surface area contributed by atoms with Crippen LogP contribution in [0.1, 0.15) is 13.8 Å². The summed E-state index contributed by atoms with van der Waals surface area (Å²) in [6.45, 7) is 3.36. The molecule has 1 fully saturated rings. The van der Waals surface area contributed by atoms with Gasteiger partial charge in [0.1, 0.15) is 24.4 Å². The van der Waals surface area contributed by atoms with Crippen molar-refractivity contribution in [1.82, 2.24) is 5.32 Å². The summed E-state index contributed by atoms with van der Waals surface area (Å²) in [5.74, 6) is 0. The van der Waals surface area contributed by atoms with Gasteiger partial charge in [-0.05, 0) is 13.8 Å². The van der Waals surface area contributed by atoms with E-state index in [1.54, 1.807) is 13.8 Å². The minimum Gasteiger partial charge on any atom is -0.450 e. The first-order valence-corrected chi connectivity index (χ1v) is 6.22. The molecule has 1 saturated heterocycles. The van der Waals surface area contributed by atoms with Crippen LogP contribution < -0.4 is 5.32 Å². The van der Waals surface area contributed by atoms with Crippen molar-refractivity contribution in [3.05, 3.63) is 0 Å². The molecule has 5 unspecified atom stereocenters. The highest BCUT2D eigenvalue weighted by atomic mass is 16.7. The van der Waals surface area contributed by atoms with Crippen LogP contribution in [0.15, 0.2) is 0 Å². The van der Waals surface area contributed by atoms with Crippen LogP contribution >= 0.6 is 0 Å². The molecule has 1 rings (SSSR count). The number of ether oxygens (including phenoxy) is 3. The molecular formula is C11H21NO7. The molecule has 1 aliphatic rings. The number of hydrogen-bond acceptors (Lipinski definition) is 7. The fraction of sp³-hybridized carbons (Fsp3) is 0.909. The Balaban J connectivity index is 2.75. The molecule has 0 aliphatic carbocycles. The van der Waals surface area contributed by atoms with E-state index in [-0.39, 0.29) is 13.2 Å². The molecule has 0 saturated carbocycles. The maximum atomic E-state index is 11.4. The van der Waals surface area contributed by atoms with Gasteiger partial charge in [-0.15, -0.1) is 0 Å². The average molecular weight is 279 g/mol. The summed E-state index contributed by atoms with van der Waals surface area (Å²) in [5.41, 5.74) is 0. The Labute approximate surface area is 111 Å². The number of nitrogens with one attached hydrogen (secondary N) is 1. The fourth-order valence-corrected chi connectivity index (χ4v) is 1.85. The summed E-state index contributed by atoms with van der Waals surface area (Å²) < 4.78 is 15.3. The Kier molecular flexibility index (Phi) is 6.46. The lowest BCUT2D eigenvalue weighted by molar-refractivity contribution is -0.268. The Bertz CT molecular complexity index is 288. The number of alkyl carbamates (subject to hydrolysis) is 1. The van der Waals surface area contributed by atoms with E-state index >= 15 is 0 Å². The standard InChI is InChI=1S/C11H21NO7/c1-3-17-10-7(12-11(16)18-4-2)9(15)8(14)6(5-13)19-10/h6-10,13-15H,3-5H2,1-2H3,(H,12,16). The van der Waals surface area contributed by atoms with Crippen molar-refractivity contribution in [2.24, 2.45) is 0 Å². The van der Waals surface area contributed by atoms with Gasteiger partial charge in [0.15, 0.2) is 6.29 Å². The van der Waals surface area contributed by atoms with Gasteiger partial charge in [0.2, 0.25) is 0 Å². The highest BCUT2D eigenvalue weighted by Gasteiger charge is 2.45. The molecule has 8 heteroatoms. The van der Waals surface area contributed by atoms with Gasteiger partial charge in [0.05, 0.1) is 13.2 Å². The van der Waals surface area contributed by atoms with Gasteiger partial charge < -0.3 is 34.8 Å². The Morgan fingerprint density at radius 1 is 1.26 bits per heavy atom. The van der Waals surface area contributed by atoms with Crippen molar-refractivity contribution in [2.45, 2.75) is 44.5 Å². The summed E-state index contributed by atoms with van der Waals surface area (Å²) in [6.07, 6.45) is -5.33. The van der Waals surface area contributed by atoms with E-state index in [2.05, 4.69) is 5.32 Å². The number of aliphatic hydroxyl groups excluding tert-OH is 3. The molecule has 112 valence electrons. The highest BCUT2D eigenvalue weighted by Crippen LogP contribution is 2.22. The molecule has 19 heavy (non-hydrogen) atoms. The van der Waals surface area contributed by atoms with Crippen molar-refractivity contribution in [3.63, 3.8) is 0 Å². The second-order valence-electron chi connectivity index (χ2n) is 4.05. The number of rotatable bonds is 5. The first kappa shape index (κ1) is 16.1. The van der Waals surface area contributed by atoms with E-state index in [1.165, 1.54) is 0 Å². The van der Waals surface area contributed by atoms with Gasteiger partial charge in [0.25, 0.3) is 0 Å². The SMILES string of the molecule is CCOC(=O)NC1C(OCC)OC(CO)C(O)C1O. The zero-order valence-electron chi connectivity index (χ0n) is 11.0. The van der Waals surface area contributed by atoms with Crippen LogP contribution in [0.5, 0.6) is 0 Å². The van der Waals surface area contributed by atoms with E-state index in [4.69, 9.17) is 19.3 Å². The van der Waals surface area contributed by atoms with Gasteiger partial charge in [-0.25, -0.2) is 4.79 Å². The number of hydrogen-bond donors (Lipinski definition) is 4. The molecule has 0 aromatic rings. The summed E-state index contributed by atoms with van der Waals surface area (Å²) in [4.78, 5) is 11.4. The molecule has 1 heterocycles. The van der Waals surface area contributed by atoms with E-state index < -0.39 is 43.3 Å². The summed E-state index contributed by atoms with van der Waals surface area (Å²) in [5, 5.41) is 31.1. The number of carbonyl (C=O) groups excluding carboxylic acids is 1. The van der Waals surface area contributed by atoms with Crippen LogP contribution in [0.2, 0.25) is 0 Å². The second kappa shape index (κ2) is 7.61. The second-order valence-corrected chi connectivity index (χ2v) is 4.05. The number of carbonyl (C=O) groups is 1. The van der Waals surface area contributed by atoms with Crippen LogP contribution in [-0.4, -0.2) is 71.9 Å². The third kappa shape index (κ3) is 4.02. The average Bonchev–Trinajstić information content (AvgIpc) is 2.38. The molecule has 0 aromatic carbocycles. The van der Waals surface area contributed by atoms with Crippen molar-refractivity contribution in [2.75, 3.05) is 19.8 Å². The van der Waals surface area contributed by atoms with Gasteiger partial charge >= 0.3 is 6.09 Å². The monoisotopic (exact) mass is 279 g/mol. The molecule has 0 spiro atoms. The first-order chi connectivity index (χ1) is 9.04. The van der Waals surface area contributed by atoms with Crippen molar-refractivity contribution in [1.29, 1.82) is 0 Å². The van der Waals surface area contributed by atoms with E-state index in [1.807, 2.05) is 0 Å². The predicted octanol–water partition coefficient (Wildman–Crippen LogP) is -1.42. The lowest BCUT2D eigenvalue weighted by atomic mass is 9.97. The minimum atomic E-state index is -1.33. The maximum Gasteiger partial charge on any atom is 0.407 e. The zero-order valence-corrected chi connectivity index (χ0v) is 11.0. The third-order valence-corrected chi connectivity index (χ3v) is 2.77. The Hall–Kier alpha value is -0.930. The van der Waals surface area contributed by atoms with Crippen molar-refractivity contribution < 1.29 is 34.3 Å². The highest BCUT2D eigenvalue weighted by molar-refractivity contribution is 5.67. The van der Waals surface area contributed by atoms with Crippen molar-refractivity contribution in [3.8, 4) is 0 Å². The van der Waals surface area contributed by atoms with E-state index in [9.17, 15) is 15.0 Å². The summed E-state index contributed by atoms with van der Waals surface area (Å²) >= 11 is 0. The predicted molar refractivity (Wildman–Crippen MR) is 63.3 cm³/mol. The smallest absolute Gasteiger partial charge is 0.407 e. The molecule has 1 aliphatic heterocycles. The van der Waals surface area contributed by atoms with Gasteiger partial charge in [0, 0.05) is 6.61 Å². The van der Waals surface area contributed by atoms with Gasteiger partial charge in [-0.3, -0.25) is 0 Å². The summed E-state index contributed by atoms with van der Waals surface area (Å²) in [7, 11) is 0. The quantitative estimate of drug-likeness (QED) is 0.487. The van der Waals surface area contributed by atoms with Crippen LogP contribution in [0.4, 0.5) is 4.79 Å². The zero-order chi connectivity index (χ0) is 14.4.